The summed E-state index contributed by atoms with van der Waals surface area (Å²) < 4.78 is 7.34. The van der Waals surface area contributed by atoms with E-state index in [2.05, 4.69) is 5.32 Å². The SMILES string of the molecule is Cc1cc(C(=O)Nc2ccc3oc(C(=O)N(C)C)cc3c2)n(C)c1. The fraction of sp³-hybridized carbons (Fsp3) is 0.222. The van der Waals surface area contributed by atoms with Crippen LogP contribution in [0.3, 0.4) is 0 Å². The summed E-state index contributed by atoms with van der Waals surface area (Å²) in [4.78, 5) is 25.8. The van der Waals surface area contributed by atoms with Crippen molar-refractivity contribution in [2.45, 2.75) is 6.92 Å². The number of aryl methyl sites for hydroxylation is 2. The van der Waals surface area contributed by atoms with Crippen LogP contribution in [0.4, 0.5) is 5.69 Å². The molecule has 1 N–H and O–H groups in total. The summed E-state index contributed by atoms with van der Waals surface area (Å²) in [6.45, 7) is 1.94. The van der Waals surface area contributed by atoms with E-state index in [9.17, 15) is 9.59 Å². The first-order valence-electron chi connectivity index (χ1n) is 7.54. The molecule has 0 aliphatic rings. The van der Waals surface area contributed by atoms with Crippen molar-refractivity contribution in [1.29, 1.82) is 0 Å². The Bertz CT molecular complexity index is 934. The molecule has 0 saturated carbocycles. The topological polar surface area (TPSA) is 67.5 Å². The molecule has 0 radical (unpaired) electrons. The predicted molar refractivity (Wildman–Crippen MR) is 92.3 cm³/mol. The number of benzene rings is 1. The Morgan fingerprint density at radius 2 is 1.92 bits per heavy atom. The fourth-order valence-corrected chi connectivity index (χ4v) is 2.60. The summed E-state index contributed by atoms with van der Waals surface area (Å²) >= 11 is 0. The van der Waals surface area contributed by atoms with Crippen molar-refractivity contribution in [3.8, 4) is 0 Å². The average Bonchev–Trinajstić information content (AvgIpc) is 3.08. The highest BCUT2D eigenvalue weighted by molar-refractivity contribution is 6.04. The van der Waals surface area contributed by atoms with Gasteiger partial charge in [-0.25, -0.2) is 0 Å². The van der Waals surface area contributed by atoms with Gasteiger partial charge in [-0.3, -0.25) is 9.59 Å². The van der Waals surface area contributed by atoms with Crippen LogP contribution in [0.1, 0.15) is 26.6 Å². The Morgan fingerprint density at radius 1 is 1.17 bits per heavy atom. The van der Waals surface area contributed by atoms with Crippen LogP contribution in [0.2, 0.25) is 0 Å². The van der Waals surface area contributed by atoms with Gasteiger partial charge >= 0.3 is 0 Å². The van der Waals surface area contributed by atoms with E-state index in [1.54, 1.807) is 42.9 Å². The maximum atomic E-state index is 12.4. The van der Waals surface area contributed by atoms with Crippen molar-refractivity contribution in [3.05, 3.63) is 53.5 Å². The van der Waals surface area contributed by atoms with E-state index in [1.165, 1.54) is 4.90 Å². The smallest absolute Gasteiger partial charge is 0.289 e. The highest BCUT2D eigenvalue weighted by Crippen LogP contribution is 2.24. The lowest BCUT2D eigenvalue weighted by Crippen LogP contribution is -2.20. The van der Waals surface area contributed by atoms with Crippen LogP contribution in [0.25, 0.3) is 11.0 Å². The minimum atomic E-state index is -0.198. The van der Waals surface area contributed by atoms with Crippen molar-refractivity contribution in [2.75, 3.05) is 19.4 Å². The lowest BCUT2D eigenvalue weighted by molar-refractivity contribution is 0.0799. The zero-order valence-electron chi connectivity index (χ0n) is 14.1. The summed E-state index contributed by atoms with van der Waals surface area (Å²) in [5.41, 5.74) is 2.87. The summed E-state index contributed by atoms with van der Waals surface area (Å²) in [5.74, 6) is -0.106. The highest BCUT2D eigenvalue weighted by atomic mass is 16.3. The molecule has 124 valence electrons. The Balaban J connectivity index is 1.87. The number of carbonyl (C=O) groups excluding carboxylic acids is 2. The molecule has 6 nitrogen and oxygen atoms in total. The minimum Gasteiger partial charge on any atom is -0.451 e. The van der Waals surface area contributed by atoms with Crippen LogP contribution < -0.4 is 5.32 Å². The van der Waals surface area contributed by atoms with Crippen molar-refractivity contribution in [3.63, 3.8) is 0 Å². The van der Waals surface area contributed by atoms with Gasteiger partial charge in [0.05, 0.1) is 0 Å². The number of aromatic nitrogens is 1. The number of hydrogen-bond donors (Lipinski definition) is 1. The summed E-state index contributed by atoms with van der Waals surface area (Å²) in [7, 11) is 5.17. The van der Waals surface area contributed by atoms with Gasteiger partial charge in [-0.15, -0.1) is 0 Å². The van der Waals surface area contributed by atoms with Crippen LogP contribution in [0.15, 0.2) is 40.9 Å². The monoisotopic (exact) mass is 325 g/mol. The molecular formula is C18H19N3O3. The molecule has 2 amide bonds. The quantitative estimate of drug-likeness (QED) is 0.805. The number of nitrogens with zero attached hydrogens (tertiary/aromatic N) is 2. The summed E-state index contributed by atoms with van der Waals surface area (Å²) in [6, 6.07) is 8.80. The van der Waals surface area contributed by atoms with Crippen molar-refractivity contribution in [2.24, 2.45) is 7.05 Å². The molecule has 24 heavy (non-hydrogen) atoms. The fourth-order valence-electron chi connectivity index (χ4n) is 2.60. The first kappa shape index (κ1) is 15.9. The largest absolute Gasteiger partial charge is 0.451 e. The van der Waals surface area contributed by atoms with E-state index in [-0.39, 0.29) is 17.6 Å². The van der Waals surface area contributed by atoms with Gasteiger partial charge in [-0.2, -0.15) is 0 Å². The molecular weight excluding hydrogens is 306 g/mol. The number of carbonyl (C=O) groups is 2. The first-order chi connectivity index (χ1) is 11.3. The molecule has 1 aromatic carbocycles. The van der Waals surface area contributed by atoms with Crippen molar-refractivity contribution < 1.29 is 14.0 Å². The van der Waals surface area contributed by atoms with E-state index in [4.69, 9.17) is 4.42 Å². The number of amides is 2. The zero-order valence-corrected chi connectivity index (χ0v) is 14.1. The molecule has 0 atom stereocenters. The molecule has 0 fully saturated rings. The van der Waals surface area contributed by atoms with Crippen molar-refractivity contribution in [1.82, 2.24) is 9.47 Å². The molecule has 0 saturated heterocycles. The van der Waals surface area contributed by atoms with Crippen LogP contribution >= 0.6 is 0 Å². The first-order valence-corrected chi connectivity index (χ1v) is 7.54. The van der Waals surface area contributed by atoms with Gasteiger partial charge in [0.1, 0.15) is 11.3 Å². The van der Waals surface area contributed by atoms with Gasteiger partial charge < -0.3 is 19.2 Å². The van der Waals surface area contributed by atoms with E-state index in [0.717, 1.165) is 10.9 Å². The van der Waals surface area contributed by atoms with Gasteiger partial charge in [0.15, 0.2) is 5.76 Å². The van der Waals surface area contributed by atoms with E-state index < -0.39 is 0 Å². The van der Waals surface area contributed by atoms with Gasteiger partial charge in [0.2, 0.25) is 0 Å². The summed E-state index contributed by atoms with van der Waals surface area (Å²) in [6.07, 6.45) is 1.90. The molecule has 3 rings (SSSR count). The van der Waals surface area contributed by atoms with E-state index in [1.807, 2.05) is 26.2 Å². The predicted octanol–water partition coefficient (Wildman–Crippen LogP) is 3.03. The van der Waals surface area contributed by atoms with Crippen molar-refractivity contribution >= 4 is 28.5 Å². The van der Waals surface area contributed by atoms with Crippen LogP contribution in [-0.4, -0.2) is 35.4 Å². The summed E-state index contributed by atoms with van der Waals surface area (Å²) in [5, 5.41) is 3.63. The Morgan fingerprint density at radius 3 is 2.54 bits per heavy atom. The van der Waals surface area contributed by atoms with E-state index in [0.29, 0.717) is 17.0 Å². The molecule has 2 heterocycles. The standard InChI is InChI=1S/C18H19N3O3/c1-11-7-14(21(4)10-11)17(22)19-13-5-6-15-12(8-13)9-16(24-15)18(23)20(2)3/h5-10H,1-4H3,(H,19,22). The third-order valence-electron chi connectivity index (χ3n) is 3.77. The van der Waals surface area contributed by atoms with Crippen LogP contribution in [0.5, 0.6) is 0 Å². The molecule has 0 aliphatic heterocycles. The van der Waals surface area contributed by atoms with Gasteiger partial charge in [-0.05, 0) is 42.8 Å². The Hall–Kier alpha value is -3.02. The number of fused-ring (bicyclic) bond motifs is 1. The highest BCUT2D eigenvalue weighted by Gasteiger charge is 2.15. The lowest BCUT2D eigenvalue weighted by Gasteiger charge is -2.06. The molecule has 3 aromatic rings. The molecule has 2 aromatic heterocycles. The molecule has 0 bridgehead atoms. The molecule has 6 heteroatoms. The third-order valence-corrected chi connectivity index (χ3v) is 3.77. The van der Waals surface area contributed by atoms with Crippen LogP contribution in [0, 0.1) is 6.92 Å². The number of hydrogen-bond acceptors (Lipinski definition) is 3. The maximum absolute atomic E-state index is 12.4. The second kappa shape index (κ2) is 5.88. The second-order valence-electron chi connectivity index (χ2n) is 6.03. The third kappa shape index (κ3) is 2.90. The van der Waals surface area contributed by atoms with Crippen LogP contribution in [-0.2, 0) is 7.05 Å². The Labute approximate surface area is 139 Å². The lowest BCUT2D eigenvalue weighted by atomic mass is 10.2. The second-order valence-corrected chi connectivity index (χ2v) is 6.03. The minimum absolute atomic E-state index is 0.182. The van der Waals surface area contributed by atoms with Gasteiger partial charge in [-0.1, -0.05) is 0 Å². The van der Waals surface area contributed by atoms with Gasteiger partial charge in [0.25, 0.3) is 11.8 Å². The Kier molecular flexibility index (Phi) is 3.89. The number of nitrogens with one attached hydrogen (secondary N) is 1. The molecule has 0 aliphatic carbocycles. The number of anilines is 1. The normalized spacial score (nSPS) is 10.8. The average molecular weight is 325 g/mol. The van der Waals surface area contributed by atoms with E-state index >= 15 is 0 Å². The van der Waals surface area contributed by atoms with Gasteiger partial charge in [0, 0.05) is 38.4 Å². The zero-order chi connectivity index (χ0) is 17.4. The molecule has 0 spiro atoms. The molecule has 0 unspecified atom stereocenters. The number of rotatable bonds is 3. The number of furan rings is 1. The maximum Gasteiger partial charge on any atom is 0.289 e.